The van der Waals surface area contributed by atoms with Gasteiger partial charge < -0.3 is 14.6 Å². The average molecular weight is 510 g/mol. The first-order chi connectivity index (χ1) is 17.1. The van der Waals surface area contributed by atoms with Crippen molar-refractivity contribution in [1.82, 2.24) is 4.90 Å². The summed E-state index contributed by atoms with van der Waals surface area (Å²) in [4.78, 5) is 52.0. The molecule has 1 aliphatic rings. The molecular formula is C29H35NO7. The van der Waals surface area contributed by atoms with Crippen molar-refractivity contribution in [2.45, 2.75) is 71.8 Å². The van der Waals surface area contributed by atoms with Gasteiger partial charge in [-0.05, 0) is 41.0 Å². The molecule has 0 bridgehead atoms. The number of amides is 2. The van der Waals surface area contributed by atoms with Crippen LogP contribution in [0.3, 0.4) is 0 Å². The van der Waals surface area contributed by atoms with E-state index in [1.165, 1.54) is 19.1 Å². The van der Waals surface area contributed by atoms with Gasteiger partial charge in [-0.3, -0.25) is 19.3 Å². The number of esters is 1. The molecule has 0 aliphatic carbocycles. The summed E-state index contributed by atoms with van der Waals surface area (Å²) >= 11 is 0. The van der Waals surface area contributed by atoms with Gasteiger partial charge in [-0.2, -0.15) is 0 Å². The lowest BCUT2D eigenvalue weighted by molar-refractivity contribution is -0.144. The zero-order chi connectivity index (χ0) is 27.9. The zero-order valence-corrected chi connectivity index (χ0v) is 22.7. The highest BCUT2D eigenvalue weighted by molar-refractivity contribution is 6.22. The largest absolute Gasteiger partial charge is 0.497 e. The van der Waals surface area contributed by atoms with Gasteiger partial charge in [-0.15, -0.1) is 0 Å². The molecule has 0 fully saturated rings. The molecule has 2 aromatic rings. The van der Waals surface area contributed by atoms with Crippen LogP contribution in [0.25, 0.3) is 0 Å². The number of hydrogen-bond donors (Lipinski definition) is 1. The monoisotopic (exact) mass is 509 g/mol. The number of carboxylic acids is 1. The van der Waals surface area contributed by atoms with Gasteiger partial charge in [0.05, 0.1) is 24.7 Å². The third-order valence-corrected chi connectivity index (χ3v) is 6.51. The molecule has 1 heterocycles. The Morgan fingerprint density at radius 2 is 1.38 bits per heavy atom. The van der Waals surface area contributed by atoms with E-state index >= 15 is 0 Å². The smallest absolute Gasteiger partial charge is 0.327 e. The van der Waals surface area contributed by atoms with E-state index in [-0.39, 0.29) is 28.4 Å². The Labute approximate surface area is 217 Å². The highest BCUT2D eigenvalue weighted by Gasteiger charge is 2.45. The summed E-state index contributed by atoms with van der Waals surface area (Å²) < 4.78 is 11.4. The van der Waals surface area contributed by atoms with Crippen molar-refractivity contribution in [1.29, 1.82) is 0 Å². The van der Waals surface area contributed by atoms with E-state index in [9.17, 15) is 24.3 Å². The maximum absolute atomic E-state index is 13.2. The van der Waals surface area contributed by atoms with Gasteiger partial charge in [0, 0.05) is 11.1 Å². The third-order valence-electron chi connectivity index (χ3n) is 6.51. The van der Waals surface area contributed by atoms with Crippen LogP contribution in [0.4, 0.5) is 0 Å². The van der Waals surface area contributed by atoms with Crippen molar-refractivity contribution in [3.63, 3.8) is 0 Å². The number of carbonyl (C=O) groups is 4. The molecule has 37 heavy (non-hydrogen) atoms. The van der Waals surface area contributed by atoms with Crippen molar-refractivity contribution in [3.8, 4) is 11.5 Å². The van der Waals surface area contributed by atoms with Gasteiger partial charge in [0.15, 0.2) is 0 Å². The predicted molar refractivity (Wildman–Crippen MR) is 138 cm³/mol. The van der Waals surface area contributed by atoms with Crippen LogP contribution in [0.15, 0.2) is 36.4 Å². The number of benzene rings is 2. The van der Waals surface area contributed by atoms with Crippen molar-refractivity contribution < 1.29 is 33.8 Å². The second-order valence-electron chi connectivity index (χ2n) is 11.5. The van der Waals surface area contributed by atoms with Crippen molar-refractivity contribution in [3.05, 3.63) is 58.7 Å². The molecule has 8 nitrogen and oxygen atoms in total. The summed E-state index contributed by atoms with van der Waals surface area (Å²) in [6, 6.07) is 8.33. The molecule has 0 saturated carbocycles. The second kappa shape index (κ2) is 10.00. The lowest BCUT2D eigenvalue weighted by Crippen LogP contribution is -2.49. The molecule has 0 spiro atoms. The topological polar surface area (TPSA) is 110 Å². The zero-order valence-electron chi connectivity index (χ0n) is 22.7. The van der Waals surface area contributed by atoms with Crippen LogP contribution in [-0.4, -0.2) is 46.9 Å². The van der Waals surface area contributed by atoms with Crippen LogP contribution < -0.4 is 9.47 Å². The normalized spacial score (nSPS) is 15.3. The summed E-state index contributed by atoms with van der Waals surface area (Å²) in [5.74, 6) is -3.25. The lowest BCUT2D eigenvalue weighted by atomic mass is 9.79. The van der Waals surface area contributed by atoms with Crippen molar-refractivity contribution in [2.24, 2.45) is 5.92 Å². The maximum Gasteiger partial charge on any atom is 0.327 e. The third kappa shape index (κ3) is 5.53. The van der Waals surface area contributed by atoms with Crippen LogP contribution in [0.1, 0.15) is 86.7 Å². The Morgan fingerprint density at radius 3 is 1.76 bits per heavy atom. The molecular weight excluding hydrogens is 474 g/mol. The number of ether oxygens (including phenoxy) is 2. The number of imide groups is 1. The highest BCUT2D eigenvalue weighted by Crippen LogP contribution is 2.43. The fourth-order valence-electron chi connectivity index (χ4n) is 4.54. The summed E-state index contributed by atoms with van der Waals surface area (Å²) in [7, 11) is 1.58. The number of carbonyl (C=O) groups excluding carboxylic acids is 3. The van der Waals surface area contributed by atoms with Gasteiger partial charge in [0.25, 0.3) is 11.8 Å². The fraction of sp³-hybridized carbons (Fsp3) is 0.448. The Kier molecular flexibility index (Phi) is 7.54. The number of fused-ring (bicyclic) bond motifs is 1. The number of rotatable bonds is 7. The summed E-state index contributed by atoms with van der Waals surface area (Å²) in [6.45, 7) is 13.5. The van der Waals surface area contributed by atoms with Crippen LogP contribution in [0.5, 0.6) is 11.5 Å². The van der Waals surface area contributed by atoms with E-state index in [4.69, 9.17) is 9.47 Å². The summed E-state index contributed by atoms with van der Waals surface area (Å²) in [5, 5.41) is 9.97. The van der Waals surface area contributed by atoms with E-state index in [1.807, 2.05) is 53.7 Å². The van der Waals surface area contributed by atoms with Crippen LogP contribution in [-0.2, 0) is 20.4 Å². The molecule has 1 aliphatic heterocycles. The highest BCUT2D eigenvalue weighted by atomic mass is 16.5. The summed E-state index contributed by atoms with van der Waals surface area (Å²) in [5.41, 5.74) is 1.06. The quantitative estimate of drug-likeness (QED) is 0.319. The first kappa shape index (κ1) is 27.9. The maximum atomic E-state index is 13.2. The van der Waals surface area contributed by atoms with Gasteiger partial charge >= 0.3 is 11.9 Å². The SMILES string of the molecule is COc1cc(C(C)(C)C)c(OC(=O)C[C@@H](C)C(C(=O)O)N2C(=O)c3ccccc3C2=O)c(C(C)(C)C)c1. The van der Waals surface area contributed by atoms with Gasteiger partial charge in [-0.1, -0.05) is 60.6 Å². The number of nitrogens with zero attached hydrogens (tertiary/aromatic N) is 1. The average Bonchev–Trinajstić information content (AvgIpc) is 3.03. The molecule has 1 N–H and O–H groups in total. The standard InChI is InChI=1S/C29H35NO7/c1-16(23(27(34)35)30-25(32)18-11-9-10-12-19(18)26(30)33)13-22(31)37-24-20(28(2,3)4)14-17(36-8)15-21(24)29(5,6)7/h9-12,14-16,23H,13H2,1-8H3,(H,34,35)/t16-,23?/m1/s1. The summed E-state index contributed by atoms with van der Waals surface area (Å²) in [6.07, 6.45) is -0.316. The van der Waals surface area contributed by atoms with E-state index < -0.39 is 35.7 Å². The molecule has 2 atom stereocenters. The molecule has 0 radical (unpaired) electrons. The Morgan fingerprint density at radius 1 is 0.919 bits per heavy atom. The first-order valence-electron chi connectivity index (χ1n) is 12.2. The number of aliphatic carboxylic acids is 1. The Balaban J connectivity index is 1.93. The number of hydrogen-bond acceptors (Lipinski definition) is 6. The van der Waals surface area contributed by atoms with E-state index in [1.54, 1.807) is 19.2 Å². The number of methoxy groups -OCH3 is 1. The van der Waals surface area contributed by atoms with Crippen molar-refractivity contribution >= 4 is 23.8 Å². The minimum absolute atomic E-state index is 0.149. The van der Waals surface area contributed by atoms with E-state index in [0.717, 1.165) is 16.0 Å². The van der Waals surface area contributed by atoms with Gasteiger partial charge in [0.1, 0.15) is 17.5 Å². The van der Waals surface area contributed by atoms with E-state index in [2.05, 4.69) is 0 Å². The molecule has 0 saturated heterocycles. The van der Waals surface area contributed by atoms with E-state index in [0.29, 0.717) is 11.5 Å². The fourth-order valence-corrected chi connectivity index (χ4v) is 4.54. The molecule has 0 aromatic heterocycles. The molecule has 3 rings (SSSR count). The molecule has 2 amide bonds. The lowest BCUT2D eigenvalue weighted by Gasteiger charge is -2.30. The first-order valence-corrected chi connectivity index (χ1v) is 12.2. The molecule has 2 aromatic carbocycles. The molecule has 198 valence electrons. The predicted octanol–water partition coefficient (Wildman–Crippen LogP) is 4.97. The Hall–Kier alpha value is -3.68. The van der Waals surface area contributed by atoms with Crippen LogP contribution in [0.2, 0.25) is 0 Å². The van der Waals surface area contributed by atoms with Crippen LogP contribution in [0, 0.1) is 5.92 Å². The van der Waals surface area contributed by atoms with Crippen LogP contribution >= 0.6 is 0 Å². The second-order valence-corrected chi connectivity index (χ2v) is 11.5. The molecule has 8 heteroatoms. The van der Waals surface area contributed by atoms with Gasteiger partial charge in [0.2, 0.25) is 0 Å². The number of carboxylic acid groups (broad SMARTS) is 1. The van der Waals surface area contributed by atoms with Crippen molar-refractivity contribution in [2.75, 3.05) is 7.11 Å². The van der Waals surface area contributed by atoms with Gasteiger partial charge in [-0.25, -0.2) is 4.79 Å². The Bertz CT molecular complexity index is 1180. The minimum atomic E-state index is -1.53. The molecule has 1 unspecified atom stereocenters. The minimum Gasteiger partial charge on any atom is -0.497 e.